The Hall–Kier alpha value is -0.760. The van der Waals surface area contributed by atoms with Gasteiger partial charge in [-0.05, 0) is 47.3 Å². The molecule has 0 atom stereocenters. The third-order valence-electron chi connectivity index (χ3n) is 1.90. The first-order valence-corrected chi connectivity index (χ1v) is 5.62. The first kappa shape index (κ1) is 11.3. The van der Waals surface area contributed by atoms with Crippen LogP contribution in [0.3, 0.4) is 0 Å². The summed E-state index contributed by atoms with van der Waals surface area (Å²) in [5.41, 5.74) is 0. The summed E-state index contributed by atoms with van der Waals surface area (Å²) in [4.78, 5) is 0. The monoisotopic (exact) mass is 254 g/mol. The van der Waals surface area contributed by atoms with Crippen LogP contribution in [-0.2, 0) is 0 Å². The third-order valence-corrected chi connectivity index (χ3v) is 2.55. The molecule has 0 aromatic heterocycles. The molecule has 0 unspecified atom stereocenters. The van der Waals surface area contributed by atoms with E-state index < -0.39 is 0 Å². The fraction of sp³-hybridized carbons (Fsp3) is 0.333. The van der Waals surface area contributed by atoms with Gasteiger partial charge in [-0.2, -0.15) is 0 Å². The molecule has 1 aromatic carbocycles. The Morgan fingerprint density at radius 2 is 2.07 bits per heavy atom. The predicted octanol–water partition coefficient (Wildman–Crippen LogP) is 4.18. The van der Waals surface area contributed by atoms with E-state index in [1.807, 2.05) is 30.3 Å². The fourth-order valence-corrected chi connectivity index (χ4v) is 1.53. The Kier molecular flexibility index (Phi) is 5.38. The van der Waals surface area contributed by atoms with Gasteiger partial charge in [0.15, 0.2) is 0 Å². The van der Waals surface area contributed by atoms with Crippen molar-refractivity contribution in [1.82, 2.24) is 0 Å². The minimum Gasteiger partial charge on any atom is -0.492 e. The lowest BCUT2D eigenvalue weighted by Crippen LogP contribution is -1.97. The average molecular weight is 255 g/mol. The summed E-state index contributed by atoms with van der Waals surface area (Å²) in [5, 5.41) is 0. The SMILES string of the molecule is C=CCCCCOc1ccccc1Br. The van der Waals surface area contributed by atoms with Crippen molar-refractivity contribution in [2.24, 2.45) is 0 Å². The molecule has 1 rings (SSSR count). The largest absolute Gasteiger partial charge is 0.492 e. The standard InChI is InChI=1S/C12H15BrO/c1-2-3-4-7-10-14-12-9-6-5-8-11(12)13/h2,5-6,8-9H,1,3-4,7,10H2. The molecule has 1 nitrogen and oxygen atoms in total. The summed E-state index contributed by atoms with van der Waals surface area (Å²) in [6, 6.07) is 7.91. The van der Waals surface area contributed by atoms with Crippen LogP contribution in [-0.4, -0.2) is 6.61 Å². The quantitative estimate of drug-likeness (QED) is 0.547. The molecule has 0 heterocycles. The van der Waals surface area contributed by atoms with Gasteiger partial charge >= 0.3 is 0 Å². The first-order chi connectivity index (χ1) is 6.84. The third kappa shape index (κ3) is 3.97. The molecule has 0 N–H and O–H groups in total. The number of hydrogen-bond donors (Lipinski definition) is 0. The van der Waals surface area contributed by atoms with Crippen LogP contribution in [0.1, 0.15) is 19.3 Å². The van der Waals surface area contributed by atoms with Crippen molar-refractivity contribution in [3.8, 4) is 5.75 Å². The highest BCUT2D eigenvalue weighted by molar-refractivity contribution is 9.10. The van der Waals surface area contributed by atoms with Gasteiger partial charge in [-0.3, -0.25) is 0 Å². The van der Waals surface area contributed by atoms with Gasteiger partial charge in [-0.15, -0.1) is 6.58 Å². The van der Waals surface area contributed by atoms with E-state index in [2.05, 4.69) is 22.5 Å². The van der Waals surface area contributed by atoms with E-state index in [9.17, 15) is 0 Å². The average Bonchev–Trinajstić information content (AvgIpc) is 2.20. The van der Waals surface area contributed by atoms with Gasteiger partial charge in [0.25, 0.3) is 0 Å². The topological polar surface area (TPSA) is 9.23 Å². The first-order valence-electron chi connectivity index (χ1n) is 4.83. The van der Waals surface area contributed by atoms with Crippen LogP contribution in [0.5, 0.6) is 5.75 Å². The summed E-state index contributed by atoms with van der Waals surface area (Å²) < 4.78 is 6.62. The highest BCUT2D eigenvalue weighted by atomic mass is 79.9. The van der Waals surface area contributed by atoms with Gasteiger partial charge in [0.1, 0.15) is 5.75 Å². The second-order valence-electron chi connectivity index (χ2n) is 3.06. The zero-order chi connectivity index (χ0) is 10.2. The molecular formula is C12H15BrO. The lowest BCUT2D eigenvalue weighted by Gasteiger charge is -2.06. The number of allylic oxidation sites excluding steroid dienone is 1. The van der Waals surface area contributed by atoms with Gasteiger partial charge < -0.3 is 4.74 Å². The summed E-state index contributed by atoms with van der Waals surface area (Å²) in [6.45, 7) is 4.46. The van der Waals surface area contributed by atoms with Crippen molar-refractivity contribution >= 4 is 15.9 Å². The van der Waals surface area contributed by atoms with E-state index in [-0.39, 0.29) is 0 Å². The number of halogens is 1. The molecular weight excluding hydrogens is 240 g/mol. The van der Waals surface area contributed by atoms with Crippen molar-refractivity contribution < 1.29 is 4.74 Å². The molecule has 2 heteroatoms. The molecule has 0 aliphatic carbocycles. The molecule has 1 aromatic rings. The highest BCUT2D eigenvalue weighted by Crippen LogP contribution is 2.23. The van der Waals surface area contributed by atoms with Crippen LogP contribution in [0.25, 0.3) is 0 Å². The van der Waals surface area contributed by atoms with E-state index in [4.69, 9.17) is 4.74 Å². The maximum absolute atomic E-state index is 5.60. The summed E-state index contributed by atoms with van der Waals surface area (Å²) >= 11 is 3.44. The molecule has 0 spiro atoms. The number of ether oxygens (including phenoxy) is 1. The van der Waals surface area contributed by atoms with Crippen LogP contribution >= 0.6 is 15.9 Å². The lowest BCUT2D eigenvalue weighted by atomic mass is 10.2. The van der Waals surface area contributed by atoms with Crippen molar-refractivity contribution in [2.45, 2.75) is 19.3 Å². The van der Waals surface area contributed by atoms with Crippen molar-refractivity contribution in [1.29, 1.82) is 0 Å². The van der Waals surface area contributed by atoms with E-state index in [0.717, 1.165) is 36.1 Å². The lowest BCUT2D eigenvalue weighted by molar-refractivity contribution is 0.305. The number of benzene rings is 1. The smallest absolute Gasteiger partial charge is 0.133 e. The Labute approximate surface area is 93.9 Å². The molecule has 0 fully saturated rings. The van der Waals surface area contributed by atoms with Gasteiger partial charge in [0, 0.05) is 0 Å². The molecule has 0 bridgehead atoms. The van der Waals surface area contributed by atoms with Gasteiger partial charge in [0.2, 0.25) is 0 Å². The summed E-state index contributed by atoms with van der Waals surface area (Å²) in [6.07, 6.45) is 5.24. The number of rotatable bonds is 6. The minimum atomic E-state index is 0.774. The number of hydrogen-bond acceptors (Lipinski definition) is 1. The Morgan fingerprint density at radius 3 is 2.79 bits per heavy atom. The highest BCUT2D eigenvalue weighted by Gasteiger charge is 1.97. The Bertz CT molecular complexity index is 283. The van der Waals surface area contributed by atoms with E-state index in [0.29, 0.717) is 0 Å². The molecule has 0 radical (unpaired) electrons. The van der Waals surface area contributed by atoms with Crippen molar-refractivity contribution in [2.75, 3.05) is 6.61 Å². The molecule has 76 valence electrons. The predicted molar refractivity (Wildman–Crippen MR) is 63.7 cm³/mol. The summed E-state index contributed by atoms with van der Waals surface area (Å²) in [5.74, 6) is 0.922. The minimum absolute atomic E-state index is 0.774. The molecule has 0 aliphatic rings. The second-order valence-corrected chi connectivity index (χ2v) is 3.92. The van der Waals surface area contributed by atoms with Gasteiger partial charge in [0.05, 0.1) is 11.1 Å². The normalized spacial score (nSPS) is 9.79. The summed E-state index contributed by atoms with van der Waals surface area (Å²) in [7, 11) is 0. The van der Waals surface area contributed by atoms with Crippen LogP contribution in [0, 0.1) is 0 Å². The van der Waals surface area contributed by atoms with Gasteiger partial charge in [-0.1, -0.05) is 18.2 Å². The van der Waals surface area contributed by atoms with Crippen LogP contribution in [0.2, 0.25) is 0 Å². The zero-order valence-corrected chi connectivity index (χ0v) is 9.79. The zero-order valence-electron chi connectivity index (χ0n) is 8.21. The fourth-order valence-electron chi connectivity index (χ4n) is 1.13. The van der Waals surface area contributed by atoms with Crippen LogP contribution < -0.4 is 4.74 Å². The molecule has 14 heavy (non-hydrogen) atoms. The van der Waals surface area contributed by atoms with E-state index >= 15 is 0 Å². The Morgan fingerprint density at radius 1 is 1.29 bits per heavy atom. The van der Waals surface area contributed by atoms with E-state index in [1.165, 1.54) is 0 Å². The van der Waals surface area contributed by atoms with Gasteiger partial charge in [-0.25, -0.2) is 0 Å². The van der Waals surface area contributed by atoms with Crippen LogP contribution in [0.15, 0.2) is 41.4 Å². The van der Waals surface area contributed by atoms with Crippen LogP contribution in [0.4, 0.5) is 0 Å². The maximum atomic E-state index is 5.60. The second kappa shape index (κ2) is 6.66. The molecule has 0 saturated heterocycles. The number of unbranched alkanes of at least 4 members (excludes halogenated alkanes) is 2. The molecule has 0 aliphatic heterocycles. The Balaban J connectivity index is 2.24. The van der Waals surface area contributed by atoms with Crippen molar-refractivity contribution in [3.05, 3.63) is 41.4 Å². The maximum Gasteiger partial charge on any atom is 0.133 e. The van der Waals surface area contributed by atoms with Crippen molar-refractivity contribution in [3.63, 3.8) is 0 Å². The number of para-hydroxylation sites is 1. The molecule has 0 saturated carbocycles. The molecule has 0 amide bonds. The van der Waals surface area contributed by atoms with E-state index in [1.54, 1.807) is 0 Å².